The van der Waals surface area contributed by atoms with E-state index in [0.717, 1.165) is 19.3 Å². The fourth-order valence-corrected chi connectivity index (χ4v) is 3.31. The smallest absolute Gasteiger partial charge is 0.310 e. The average molecular weight is 277 g/mol. The molecule has 2 rings (SSSR count). The number of rotatable bonds is 2. The Morgan fingerprint density at radius 3 is 2.75 bits per heavy atom. The van der Waals surface area contributed by atoms with Crippen LogP contribution in [0.15, 0.2) is 17.1 Å². The van der Waals surface area contributed by atoms with Crippen LogP contribution in [0.25, 0.3) is 0 Å². The molecule has 5 heteroatoms. The summed E-state index contributed by atoms with van der Waals surface area (Å²) in [5.74, 6) is 0.866. The van der Waals surface area contributed by atoms with E-state index in [2.05, 4.69) is 31.1 Å². The fraction of sp³-hybridized carbons (Fsp3) is 0.667. The molecule has 0 radical (unpaired) electrons. The van der Waals surface area contributed by atoms with Gasteiger partial charge in [0, 0.05) is 19.2 Å². The summed E-state index contributed by atoms with van der Waals surface area (Å²) in [4.78, 5) is 27.6. The molecule has 2 unspecified atom stereocenters. The summed E-state index contributed by atoms with van der Waals surface area (Å²) in [6.45, 7) is 6.61. The number of carbonyl (C=O) groups is 1. The Bertz CT molecular complexity index is 562. The molecule has 2 atom stereocenters. The predicted molar refractivity (Wildman–Crippen MR) is 78.4 cm³/mol. The SMILES string of the molecule is CC1CC(C(=O)Nc2ccn(C)c(=O)n2)CC(C)(C)C1. The van der Waals surface area contributed by atoms with Crippen molar-refractivity contribution in [2.75, 3.05) is 5.32 Å². The maximum Gasteiger partial charge on any atom is 0.349 e. The summed E-state index contributed by atoms with van der Waals surface area (Å²) in [5.41, 5.74) is -0.167. The monoisotopic (exact) mass is 277 g/mol. The van der Waals surface area contributed by atoms with Crippen LogP contribution in [0.4, 0.5) is 5.82 Å². The van der Waals surface area contributed by atoms with Crippen LogP contribution >= 0.6 is 0 Å². The molecule has 1 aliphatic rings. The van der Waals surface area contributed by atoms with E-state index in [-0.39, 0.29) is 22.9 Å². The van der Waals surface area contributed by atoms with Crippen LogP contribution in [0.3, 0.4) is 0 Å². The van der Waals surface area contributed by atoms with Crippen molar-refractivity contribution in [2.45, 2.75) is 40.0 Å². The summed E-state index contributed by atoms with van der Waals surface area (Å²) < 4.78 is 1.38. The highest BCUT2D eigenvalue weighted by Crippen LogP contribution is 2.41. The predicted octanol–water partition coefficient (Wildman–Crippen LogP) is 2.18. The minimum absolute atomic E-state index is 0.000363. The number of aryl methyl sites for hydroxylation is 1. The van der Waals surface area contributed by atoms with E-state index in [9.17, 15) is 9.59 Å². The number of hydrogen-bond donors (Lipinski definition) is 1. The van der Waals surface area contributed by atoms with Gasteiger partial charge in [0.2, 0.25) is 5.91 Å². The van der Waals surface area contributed by atoms with Gasteiger partial charge in [-0.15, -0.1) is 0 Å². The molecular formula is C15H23N3O2. The Balaban J connectivity index is 2.07. The molecule has 1 heterocycles. The highest BCUT2D eigenvalue weighted by Gasteiger charge is 2.35. The van der Waals surface area contributed by atoms with Crippen LogP contribution in [0, 0.1) is 17.3 Å². The Hall–Kier alpha value is -1.65. The molecule has 110 valence electrons. The Labute approximate surface area is 119 Å². The molecule has 1 saturated carbocycles. The van der Waals surface area contributed by atoms with Gasteiger partial charge in [-0.3, -0.25) is 4.79 Å². The number of amides is 1. The van der Waals surface area contributed by atoms with Gasteiger partial charge in [0.1, 0.15) is 5.82 Å². The third-order valence-corrected chi connectivity index (χ3v) is 3.98. The first-order valence-electron chi connectivity index (χ1n) is 7.11. The second-order valence-corrected chi connectivity index (χ2v) is 6.81. The largest absolute Gasteiger partial charge is 0.349 e. The number of aromatic nitrogens is 2. The fourth-order valence-electron chi connectivity index (χ4n) is 3.31. The van der Waals surface area contributed by atoms with Crippen molar-refractivity contribution in [3.8, 4) is 0 Å². The second kappa shape index (κ2) is 5.38. The average Bonchev–Trinajstić information content (AvgIpc) is 2.31. The molecule has 1 amide bonds. The van der Waals surface area contributed by atoms with Crippen molar-refractivity contribution in [3.05, 3.63) is 22.7 Å². The van der Waals surface area contributed by atoms with Gasteiger partial charge in [-0.1, -0.05) is 20.8 Å². The summed E-state index contributed by atoms with van der Waals surface area (Å²) >= 11 is 0. The Kier molecular flexibility index (Phi) is 3.97. The van der Waals surface area contributed by atoms with E-state index < -0.39 is 0 Å². The molecule has 20 heavy (non-hydrogen) atoms. The van der Waals surface area contributed by atoms with Crippen LogP contribution in [0.1, 0.15) is 40.0 Å². The number of hydrogen-bond acceptors (Lipinski definition) is 3. The second-order valence-electron chi connectivity index (χ2n) is 6.81. The van der Waals surface area contributed by atoms with E-state index >= 15 is 0 Å². The molecule has 1 N–H and O–H groups in total. The molecule has 1 fully saturated rings. The van der Waals surface area contributed by atoms with Crippen molar-refractivity contribution in [1.29, 1.82) is 0 Å². The van der Waals surface area contributed by atoms with Crippen molar-refractivity contribution in [1.82, 2.24) is 9.55 Å². The minimum Gasteiger partial charge on any atom is -0.310 e. The summed E-state index contributed by atoms with van der Waals surface area (Å²) in [6.07, 6.45) is 4.55. The highest BCUT2D eigenvalue weighted by molar-refractivity contribution is 5.91. The standard InChI is InChI=1S/C15H23N3O2/c1-10-7-11(9-15(2,3)8-10)13(19)16-12-5-6-18(4)14(20)17-12/h5-6,10-11H,7-9H2,1-4H3,(H,16,17,19,20). The quantitative estimate of drug-likeness (QED) is 0.901. The first-order chi connectivity index (χ1) is 9.27. The third kappa shape index (κ3) is 3.46. The number of nitrogens with one attached hydrogen (secondary N) is 1. The van der Waals surface area contributed by atoms with E-state index in [4.69, 9.17) is 0 Å². The molecule has 0 aromatic carbocycles. The molecule has 1 aromatic heterocycles. The maximum atomic E-state index is 12.3. The van der Waals surface area contributed by atoms with Gasteiger partial charge in [0.25, 0.3) is 0 Å². The van der Waals surface area contributed by atoms with E-state index in [1.54, 1.807) is 19.3 Å². The van der Waals surface area contributed by atoms with Crippen LogP contribution in [0.2, 0.25) is 0 Å². The zero-order valence-corrected chi connectivity index (χ0v) is 12.6. The molecule has 0 saturated heterocycles. The van der Waals surface area contributed by atoms with Gasteiger partial charge >= 0.3 is 5.69 Å². The van der Waals surface area contributed by atoms with Crippen molar-refractivity contribution >= 4 is 11.7 Å². The van der Waals surface area contributed by atoms with Crippen molar-refractivity contribution in [2.24, 2.45) is 24.3 Å². The Morgan fingerprint density at radius 1 is 1.45 bits per heavy atom. The van der Waals surface area contributed by atoms with Gasteiger partial charge in [0.05, 0.1) is 0 Å². The summed E-state index contributed by atoms with van der Waals surface area (Å²) in [7, 11) is 1.63. The van der Waals surface area contributed by atoms with Gasteiger partial charge in [-0.25, -0.2) is 4.79 Å². The molecule has 1 aliphatic carbocycles. The third-order valence-electron chi connectivity index (χ3n) is 3.98. The molecule has 0 bridgehead atoms. The zero-order valence-electron chi connectivity index (χ0n) is 12.6. The first kappa shape index (κ1) is 14.8. The molecule has 5 nitrogen and oxygen atoms in total. The van der Waals surface area contributed by atoms with Gasteiger partial charge < -0.3 is 9.88 Å². The molecular weight excluding hydrogens is 254 g/mol. The van der Waals surface area contributed by atoms with Crippen LogP contribution in [-0.4, -0.2) is 15.5 Å². The van der Waals surface area contributed by atoms with Crippen LogP contribution < -0.4 is 11.0 Å². The molecule has 0 spiro atoms. The van der Waals surface area contributed by atoms with E-state index in [1.165, 1.54) is 4.57 Å². The molecule has 0 aliphatic heterocycles. The van der Waals surface area contributed by atoms with Crippen LogP contribution in [-0.2, 0) is 11.8 Å². The lowest BCUT2D eigenvalue weighted by molar-refractivity contribution is -0.122. The minimum atomic E-state index is -0.361. The lowest BCUT2D eigenvalue weighted by Gasteiger charge is -2.38. The maximum absolute atomic E-state index is 12.3. The van der Waals surface area contributed by atoms with E-state index in [0.29, 0.717) is 11.7 Å². The topological polar surface area (TPSA) is 64.0 Å². The van der Waals surface area contributed by atoms with E-state index in [1.807, 2.05) is 0 Å². The number of anilines is 1. The number of nitrogens with zero attached hydrogens (tertiary/aromatic N) is 2. The first-order valence-corrected chi connectivity index (χ1v) is 7.11. The Morgan fingerprint density at radius 2 is 2.15 bits per heavy atom. The lowest BCUT2D eigenvalue weighted by atomic mass is 9.68. The van der Waals surface area contributed by atoms with Gasteiger partial charge in [-0.2, -0.15) is 4.98 Å². The zero-order chi connectivity index (χ0) is 14.9. The molecule has 1 aromatic rings. The number of carbonyl (C=O) groups excluding carboxylic acids is 1. The van der Waals surface area contributed by atoms with Gasteiger partial charge in [-0.05, 0) is 36.7 Å². The van der Waals surface area contributed by atoms with Crippen molar-refractivity contribution < 1.29 is 4.79 Å². The lowest BCUT2D eigenvalue weighted by Crippen LogP contribution is -2.35. The van der Waals surface area contributed by atoms with Gasteiger partial charge in [0.15, 0.2) is 0 Å². The van der Waals surface area contributed by atoms with Crippen LogP contribution in [0.5, 0.6) is 0 Å². The summed E-state index contributed by atoms with van der Waals surface area (Å²) in [5, 5.41) is 2.77. The summed E-state index contributed by atoms with van der Waals surface area (Å²) in [6, 6.07) is 1.65. The normalized spacial score (nSPS) is 25.2. The van der Waals surface area contributed by atoms with Crippen molar-refractivity contribution in [3.63, 3.8) is 0 Å². The highest BCUT2D eigenvalue weighted by atomic mass is 16.2.